The van der Waals surface area contributed by atoms with Gasteiger partial charge < -0.3 is 9.47 Å². The van der Waals surface area contributed by atoms with Gasteiger partial charge in [-0.1, -0.05) is 22.9 Å². The first kappa shape index (κ1) is 13.2. The summed E-state index contributed by atoms with van der Waals surface area (Å²) in [6, 6.07) is 7.61. The Morgan fingerprint density at radius 2 is 2.31 bits per heavy atom. The quantitative estimate of drug-likeness (QED) is 0.498. The van der Waals surface area contributed by atoms with Gasteiger partial charge in [0.2, 0.25) is 0 Å². The Kier molecular flexibility index (Phi) is 5.53. The van der Waals surface area contributed by atoms with E-state index in [0.29, 0.717) is 11.3 Å². The van der Waals surface area contributed by atoms with Crippen molar-refractivity contribution in [1.82, 2.24) is 0 Å². The predicted octanol–water partition coefficient (Wildman–Crippen LogP) is 3.18. The first-order chi connectivity index (χ1) is 7.74. The number of para-hydroxylation sites is 1. The number of rotatable bonds is 5. The molecule has 1 aromatic carbocycles. The lowest BCUT2D eigenvalue weighted by atomic mass is 10.1. The number of hydrogen-bond donors (Lipinski definition) is 1. The van der Waals surface area contributed by atoms with Crippen molar-refractivity contribution in [2.75, 3.05) is 13.9 Å². The Morgan fingerprint density at radius 3 is 2.88 bits per heavy atom. The molecule has 0 N–H and O–H groups in total. The zero-order valence-electron chi connectivity index (χ0n) is 9.14. The van der Waals surface area contributed by atoms with Gasteiger partial charge in [0, 0.05) is 17.9 Å². The summed E-state index contributed by atoms with van der Waals surface area (Å²) < 4.78 is 10.3. The maximum Gasteiger partial charge on any atom is 0.188 e. The van der Waals surface area contributed by atoms with Crippen LogP contribution in [-0.4, -0.2) is 13.9 Å². The molecular formula is C11H13NO2S2. The molecule has 3 nitrogen and oxygen atoms in total. The van der Waals surface area contributed by atoms with Gasteiger partial charge in [0.05, 0.1) is 5.56 Å². The number of ether oxygens (including phenoxy) is 2. The molecule has 0 spiro atoms. The molecule has 0 aliphatic rings. The summed E-state index contributed by atoms with van der Waals surface area (Å²) in [4.78, 5) is 0. The number of nitriles is 1. The lowest BCUT2D eigenvalue weighted by Gasteiger charge is -2.15. The van der Waals surface area contributed by atoms with E-state index in [1.807, 2.05) is 19.1 Å². The van der Waals surface area contributed by atoms with Gasteiger partial charge in [-0.3, -0.25) is 0 Å². The highest BCUT2D eigenvalue weighted by atomic mass is 33.1. The van der Waals surface area contributed by atoms with Crippen molar-refractivity contribution in [1.29, 1.82) is 5.26 Å². The van der Waals surface area contributed by atoms with E-state index < -0.39 is 0 Å². The summed E-state index contributed by atoms with van der Waals surface area (Å²) in [6.07, 6.45) is 0. The Balaban J connectivity index is 3.11. The van der Waals surface area contributed by atoms with Crippen LogP contribution in [0, 0.1) is 11.3 Å². The molecule has 1 rings (SSSR count). The van der Waals surface area contributed by atoms with Crippen LogP contribution < -0.4 is 4.74 Å². The van der Waals surface area contributed by atoms with Crippen molar-refractivity contribution in [2.24, 2.45) is 0 Å². The van der Waals surface area contributed by atoms with Crippen LogP contribution in [0.5, 0.6) is 5.75 Å². The average Bonchev–Trinajstić information content (AvgIpc) is 2.34. The minimum absolute atomic E-state index is 0.135. The largest absolute Gasteiger partial charge is 0.466 e. The molecule has 1 aromatic rings. The fraction of sp³-hybridized carbons (Fsp3) is 0.364. The van der Waals surface area contributed by atoms with Crippen molar-refractivity contribution in [3.63, 3.8) is 0 Å². The average molecular weight is 255 g/mol. The van der Waals surface area contributed by atoms with Gasteiger partial charge in [-0.05, 0) is 13.0 Å². The van der Waals surface area contributed by atoms with Crippen LogP contribution in [0.25, 0.3) is 0 Å². The number of nitrogens with zero attached hydrogens (tertiary/aromatic N) is 1. The molecular weight excluding hydrogens is 242 g/mol. The summed E-state index contributed by atoms with van der Waals surface area (Å²) in [6.45, 7) is 2.14. The van der Waals surface area contributed by atoms with Crippen molar-refractivity contribution in [3.8, 4) is 11.8 Å². The minimum atomic E-state index is 0.135. The second-order valence-corrected chi connectivity index (χ2v) is 4.68. The van der Waals surface area contributed by atoms with Gasteiger partial charge in [0.15, 0.2) is 6.79 Å². The van der Waals surface area contributed by atoms with E-state index in [1.165, 1.54) is 10.8 Å². The van der Waals surface area contributed by atoms with E-state index in [2.05, 4.69) is 17.7 Å². The number of benzene rings is 1. The van der Waals surface area contributed by atoms with Gasteiger partial charge in [0.1, 0.15) is 11.8 Å². The van der Waals surface area contributed by atoms with Crippen LogP contribution in [0.2, 0.25) is 0 Å². The Morgan fingerprint density at radius 1 is 1.56 bits per heavy atom. The standard InChI is InChI=1S/C11H13NO2S2/c1-8(16-15)10-5-3-4-9(6-12)11(10)14-7-13-2/h3-5,8,15H,7H2,1-2H3. The molecule has 1 unspecified atom stereocenters. The van der Waals surface area contributed by atoms with E-state index in [0.717, 1.165) is 5.56 Å². The monoisotopic (exact) mass is 255 g/mol. The van der Waals surface area contributed by atoms with E-state index in [-0.39, 0.29) is 12.0 Å². The summed E-state index contributed by atoms with van der Waals surface area (Å²) >= 11 is 4.18. The summed E-state index contributed by atoms with van der Waals surface area (Å²) in [5, 5.41) is 9.16. The molecule has 86 valence electrons. The van der Waals surface area contributed by atoms with E-state index in [9.17, 15) is 0 Å². The molecule has 1 atom stereocenters. The number of hydrogen-bond acceptors (Lipinski definition) is 5. The van der Waals surface area contributed by atoms with Crippen molar-refractivity contribution >= 4 is 22.5 Å². The zero-order chi connectivity index (χ0) is 12.0. The van der Waals surface area contributed by atoms with Crippen LogP contribution in [-0.2, 0) is 4.74 Å². The molecule has 0 aliphatic carbocycles. The lowest BCUT2D eigenvalue weighted by molar-refractivity contribution is 0.0502. The SMILES string of the molecule is COCOc1c(C#N)cccc1C(C)SS. The maximum atomic E-state index is 9.00. The van der Waals surface area contributed by atoms with Crippen LogP contribution >= 0.6 is 22.5 Å². The highest BCUT2D eigenvalue weighted by Crippen LogP contribution is 2.37. The molecule has 0 saturated heterocycles. The van der Waals surface area contributed by atoms with Crippen molar-refractivity contribution in [2.45, 2.75) is 12.2 Å². The fourth-order valence-corrected chi connectivity index (χ4v) is 1.94. The molecule has 0 amide bonds. The van der Waals surface area contributed by atoms with Crippen molar-refractivity contribution < 1.29 is 9.47 Å². The Hall–Kier alpha value is -0.830. The summed E-state index contributed by atoms with van der Waals surface area (Å²) in [7, 11) is 2.96. The summed E-state index contributed by atoms with van der Waals surface area (Å²) in [5.41, 5.74) is 1.47. The highest BCUT2D eigenvalue weighted by molar-refractivity contribution is 8.68. The van der Waals surface area contributed by atoms with Crippen LogP contribution in [0.3, 0.4) is 0 Å². The van der Waals surface area contributed by atoms with E-state index >= 15 is 0 Å². The molecule has 0 heterocycles. The van der Waals surface area contributed by atoms with Gasteiger partial charge >= 0.3 is 0 Å². The molecule has 16 heavy (non-hydrogen) atoms. The van der Waals surface area contributed by atoms with Gasteiger partial charge in [-0.2, -0.15) is 5.26 Å². The van der Waals surface area contributed by atoms with Crippen LogP contribution in [0.1, 0.15) is 23.3 Å². The van der Waals surface area contributed by atoms with E-state index in [1.54, 1.807) is 13.2 Å². The van der Waals surface area contributed by atoms with Gasteiger partial charge in [0.25, 0.3) is 0 Å². The first-order valence-corrected chi connectivity index (χ1v) is 6.62. The molecule has 0 radical (unpaired) electrons. The highest BCUT2D eigenvalue weighted by Gasteiger charge is 2.14. The maximum absolute atomic E-state index is 9.00. The first-order valence-electron chi connectivity index (χ1n) is 4.69. The number of thiol groups is 1. The molecule has 0 aromatic heterocycles. The van der Waals surface area contributed by atoms with Crippen LogP contribution in [0.15, 0.2) is 18.2 Å². The normalized spacial score (nSPS) is 11.9. The zero-order valence-corrected chi connectivity index (χ0v) is 10.8. The molecule has 0 aliphatic heterocycles. The third-order valence-electron chi connectivity index (χ3n) is 2.08. The second kappa shape index (κ2) is 6.69. The molecule has 0 bridgehead atoms. The van der Waals surface area contributed by atoms with Gasteiger partial charge in [-0.15, -0.1) is 11.7 Å². The summed E-state index contributed by atoms with van der Waals surface area (Å²) in [5.74, 6) is 0.584. The number of methoxy groups -OCH3 is 1. The van der Waals surface area contributed by atoms with E-state index in [4.69, 9.17) is 14.7 Å². The third kappa shape index (κ3) is 3.08. The minimum Gasteiger partial charge on any atom is -0.466 e. The molecule has 0 fully saturated rings. The van der Waals surface area contributed by atoms with Crippen molar-refractivity contribution in [3.05, 3.63) is 29.3 Å². The molecule has 5 heteroatoms. The molecule has 0 saturated carbocycles. The lowest BCUT2D eigenvalue weighted by Crippen LogP contribution is -2.04. The Bertz CT molecular complexity index is 390. The van der Waals surface area contributed by atoms with Crippen LogP contribution in [0.4, 0.5) is 0 Å². The third-order valence-corrected chi connectivity index (χ3v) is 3.60. The fourth-order valence-electron chi connectivity index (χ4n) is 1.30. The van der Waals surface area contributed by atoms with Gasteiger partial charge in [-0.25, -0.2) is 0 Å². The second-order valence-electron chi connectivity index (χ2n) is 3.13. The Labute approximate surface area is 105 Å². The smallest absolute Gasteiger partial charge is 0.188 e. The topological polar surface area (TPSA) is 42.2 Å². The predicted molar refractivity (Wildman–Crippen MR) is 68.7 cm³/mol.